The summed E-state index contributed by atoms with van der Waals surface area (Å²) in [4.78, 5) is 36.2. The van der Waals surface area contributed by atoms with Crippen LogP contribution in [0.15, 0.2) is 24.3 Å². The summed E-state index contributed by atoms with van der Waals surface area (Å²) >= 11 is 0. The number of hydrogen-bond donors (Lipinski definition) is 1. The van der Waals surface area contributed by atoms with E-state index in [0.717, 1.165) is 32.1 Å². The van der Waals surface area contributed by atoms with Gasteiger partial charge in [-0.1, -0.05) is 83.1 Å². The van der Waals surface area contributed by atoms with Crippen molar-refractivity contribution >= 4 is 17.9 Å². The van der Waals surface area contributed by atoms with Gasteiger partial charge in [0.15, 0.2) is 12.1 Å². The highest BCUT2D eigenvalue weighted by molar-refractivity contribution is 5.72. The highest BCUT2D eigenvalue weighted by Gasteiger charge is 2.31. The van der Waals surface area contributed by atoms with Gasteiger partial charge in [-0.05, 0) is 25.7 Å². The van der Waals surface area contributed by atoms with Gasteiger partial charge < -0.3 is 23.8 Å². The van der Waals surface area contributed by atoms with Crippen LogP contribution >= 0.6 is 0 Å². The zero-order valence-corrected chi connectivity index (χ0v) is 25.3. The van der Waals surface area contributed by atoms with Crippen molar-refractivity contribution < 1.29 is 38.2 Å². The van der Waals surface area contributed by atoms with Crippen molar-refractivity contribution in [3.05, 3.63) is 24.3 Å². The van der Waals surface area contributed by atoms with Gasteiger partial charge in [0.25, 0.3) is 0 Å². The summed E-state index contributed by atoms with van der Waals surface area (Å²) in [5, 5.41) is 9.49. The second-order valence-electron chi connectivity index (χ2n) is 11.0. The lowest BCUT2D eigenvalue weighted by Gasteiger charge is -2.31. The molecule has 0 aliphatic heterocycles. The minimum atomic E-state index is -0.885. The van der Waals surface area contributed by atoms with E-state index in [4.69, 9.17) is 14.2 Å². The number of aliphatic carboxylic acids is 1. The van der Waals surface area contributed by atoms with E-state index in [2.05, 4.69) is 26.0 Å². The van der Waals surface area contributed by atoms with Gasteiger partial charge in [0.05, 0.1) is 34.4 Å². The Kier molecular flexibility index (Phi) is 22.3. The van der Waals surface area contributed by atoms with Crippen LogP contribution in [0.3, 0.4) is 0 Å². The number of unbranched alkanes of at least 4 members (excludes halogenated alkanes) is 7. The number of carboxylic acid groups (broad SMARTS) is 1. The van der Waals surface area contributed by atoms with Crippen molar-refractivity contribution in [2.75, 3.05) is 41.0 Å². The first-order chi connectivity index (χ1) is 18.6. The molecule has 0 aliphatic carbocycles. The van der Waals surface area contributed by atoms with E-state index >= 15 is 0 Å². The topological polar surface area (TPSA) is 99.1 Å². The Balaban J connectivity index is 4.61. The number of quaternary nitrogens is 1. The van der Waals surface area contributed by atoms with Crippen molar-refractivity contribution in [3.8, 4) is 0 Å². The molecule has 226 valence electrons. The number of carboxylic acids is 1. The Morgan fingerprint density at radius 2 is 1.44 bits per heavy atom. The number of carbonyl (C=O) groups excluding carboxylic acids is 2. The molecule has 0 aliphatic rings. The average Bonchev–Trinajstić information content (AvgIpc) is 2.86. The van der Waals surface area contributed by atoms with Crippen LogP contribution in [0.5, 0.6) is 0 Å². The molecule has 0 radical (unpaired) electrons. The van der Waals surface area contributed by atoms with Gasteiger partial charge in [-0.15, -0.1) is 0 Å². The molecule has 0 saturated heterocycles. The highest BCUT2D eigenvalue weighted by atomic mass is 16.6. The van der Waals surface area contributed by atoms with Crippen molar-refractivity contribution in [1.29, 1.82) is 0 Å². The largest absolute Gasteiger partial charge is 0.477 e. The molecule has 0 amide bonds. The summed E-state index contributed by atoms with van der Waals surface area (Å²) in [6, 6.07) is -0.615. The van der Waals surface area contributed by atoms with Gasteiger partial charge in [-0.3, -0.25) is 9.59 Å². The van der Waals surface area contributed by atoms with E-state index in [1.54, 1.807) is 0 Å². The zero-order chi connectivity index (χ0) is 29.4. The summed E-state index contributed by atoms with van der Waals surface area (Å²) in [5.41, 5.74) is 0. The van der Waals surface area contributed by atoms with E-state index < -0.39 is 18.1 Å². The van der Waals surface area contributed by atoms with Gasteiger partial charge in [-0.25, -0.2) is 4.79 Å². The molecule has 2 unspecified atom stereocenters. The fraction of sp³-hybridized carbons (Fsp3) is 0.774. The summed E-state index contributed by atoms with van der Waals surface area (Å²) in [6.45, 7) is 4.45. The first-order valence-electron chi connectivity index (χ1n) is 14.9. The number of rotatable bonds is 25. The maximum absolute atomic E-state index is 12.4. The molecule has 2 atom stereocenters. The van der Waals surface area contributed by atoms with Crippen molar-refractivity contribution in [2.24, 2.45) is 0 Å². The van der Waals surface area contributed by atoms with Gasteiger partial charge in [0.2, 0.25) is 0 Å². The predicted molar refractivity (Wildman–Crippen MR) is 155 cm³/mol. The molecule has 0 aromatic rings. The highest BCUT2D eigenvalue weighted by Crippen LogP contribution is 2.12. The smallest absolute Gasteiger partial charge is 0.362 e. The maximum Gasteiger partial charge on any atom is 0.362 e. The monoisotopic (exact) mass is 554 g/mol. The lowest BCUT2D eigenvalue weighted by Crippen LogP contribution is -2.50. The molecule has 0 fully saturated rings. The van der Waals surface area contributed by atoms with E-state index in [-0.39, 0.29) is 42.7 Å². The number of esters is 2. The van der Waals surface area contributed by atoms with Crippen LogP contribution in [0, 0.1) is 0 Å². The minimum Gasteiger partial charge on any atom is -0.477 e. The molecular weight excluding hydrogens is 498 g/mol. The molecule has 0 bridgehead atoms. The SMILES string of the molecule is CC/C=C/C/C=C/CCC(=O)OCC(COCCC(C(=O)O)[N+](C)(C)C)OC(=O)CCCCCCCCCC. The molecule has 0 saturated carbocycles. The molecule has 39 heavy (non-hydrogen) atoms. The Morgan fingerprint density at radius 1 is 0.795 bits per heavy atom. The third-order valence-electron chi connectivity index (χ3n) is 6.38. The minimum absolute atomic E-state index is 0.0452. The predicted octanol–water partition coefficient (Wildman–Crippen LogP) is 6.23. The Bertz CT molecular complexity index is 712. The average molecular weight is 555 g/mol. The van der Waals surface area contributed by atoms with Crippen molar-refractivity contribution in [3.63, 3.8) is 0 Å². The van der Waals surface area contributed by atoms with E-state index in [1.165, 1.54) is 32.1 Å². The summed E-state index contributed by atoms with van der Waals surface area (Å²) in [6.07, 6.45) is 19.8. The number of nitrogens with zero attached hydrogens (tertiary/aromatic N) is 1. The van der Waals surface area contributed by atoms with Gasteiger partial charge in [0.1, 0.15) is 6.61 Å². The van der Waals surface area contributed by atoms with Crippen LogP contribution in [0.25, 0.3) is 0 Å². The van der Waals surface area contributed by atoms with Crippen molar-refractivity contribution in [2.45, 2.75) is 116 Å². The number of carbonyl (C=O) groups is 3. The van der Waals surface area contributed by atoms with E-state index in [9.17, 15) is 19.5 Å². The normalized spacial score (nSPS) is 13.6. The molecule has 0 aromatic heterocycles. The number of allylic oxidation sites excluding steroid dienone is 4. The maximum atomic E-state index is 12.4. The lowest BCUT2D eigenvalue weighted by atomic mass is 10.1. The Morgan fingerprint density at radius 3 is 2.05 bits per heavy atom. The summed E-state index contributed by atoms with van der Waals surface area (Å²) in [7, 11) is 5.47. The standard InChI is InChI=1S/C31H55NO7/c1-6-8-10-12-14-16-18-20-22-30(34)39-27(25-37-24-23-28(31(35)36)32(3,4)5)26-38-29(33)21-19-17-15-13-11-9-7-2/h9,11,15,17,27-28H,6-8,10,12-14,16,18-26H2,1-5H3/p+1/b11-9+,17-15+. The molecular formula is C31H56NO7+. The van der Waals surface area contributed by atoms with Crippen molar-refractivity contribution in [1.82, 2.24) is 0 Å². The van der Waals surface area contributed by atoms with Crippen LogP contribution in [0.1, 0.15) is 104 Å². The first kappa shape index (κ1) is 36.8. The summed E-state index contributed by atoms with van der Waals surface area (Å²) in [5.74, 6) is -1.57. The first-order valence-corrected chi connectivity index (χ1v) is 14.9. The third-order valence-corrected chi connectivity index (χ3v) is 6.38. The van der Waals surface area contributed by atoms with Gasteiger partial charge in [0, 0.05) is 19.3 Å². The van der Waals surface area contributed by atoms with Crippen LogP contribution in [-0.4, -0.2) is 80.6 Å². The van der Waals surface area contributed by atoms with Gasteiger partial charge in [-0.2, -0.15) is 0 Å². The summed E-state index contributed by atoms with van der Waals surface area (Å²) < 4.78 is 16.9. The third kappa shape index (κ3) is 22.3. The van der Waals surface area contributed by atoms with Crippen LogP contribution in [0.4, 0.5) is 0 Å². The second kappa shape index (κ2) is 23.7. The number of likely N-dealkylation sites (N-methyl/N-ethyl adjacent to an activating group) is 1. The number of hydrogen-bond acceptors (Lipinski definition) is 6. The quantitative estimate of drug-likeness (QED) is 0.0618. The Labute approximate surface area is 237 Å². The van der Waals surface area contributed by atoms with Crippen LogP contribution < -0.4 is 0 Å². The van der Waals surface area contributed by atoms with E-state index in [1.807, 2.05) is 33.3 Å². The van der Waals surface area contributed by atoms with Crippen LogP contribution in [0.2, 0.25) is 0 Å². The molecule has 0 spiro atoms. The molecule has 8 heteroatoms. The Hall–Kier alpha value is -2.19. The van der Waals surface area contributed by atoms with Crippen LogP contribution in [-0.2, 0) is 28.6 Å². The zero-order valence-electron chi connectivity index (χ0n) is 25.3. The fourth-order valence-electron chi connectivity index (χ4n) is 4.03. The molecule has 0 heterocycles. The molecule has 8 nitrogen and oxygen atoms in total. The lowest BCUT2D eigenvalue weighted by molar-refractivity contribution is -0.887. The number of ether oxygens (including phenoxy) is 3. The van der Waals surface area contributed by atoms with E-state index in [0.29, 0.717) is 19.3 Å². The van der Waals surface area contributed by atoms with Gasteiger partial charge >= 0.3 is 17.9 Å². The molecule has 1 N–H and O–H groups in total. The fourth-order valence-corrected chi connectivity index (χ4v) is 4.03. The second-order valence-corrected chi connectivity index (χ2v) is 11.0. The molecule has 0 aromatic carbocycles. The molecule has 0 rings (SSSR count).